The number of rotatable bonds is 8. The summed E-state index contributed by atoms with van der Waals surface area (Å²) in [5.41, 5.74) is 0.835. The number of carbonyl (C=O) groups is 2. The molecule has 0 radical (unpaired) electrons. The molecule has 2 aromatic heterocycles. The number of fused-ring (bicyclic) bond motifs is 1. The van der Waals surface area contributed by atoms with Crippen molar-refractivity contribution in [3.63, 3.8) is 0 Å². The number of aromatic amines is 1. The van der Waals surface area contributed by atoms with Crippen LogP contribution in [0, 0.1) is 13.8 Å². The van der Waals surface area contributed by atoms with E-state index in [9.17, 15) is 14.4 Å². The molecule has 0 atom stereocenters. The Labute approximate surface area is 160 Å². The first kappa shape index (κ1) is 20.4. The lowest BCUT2D eigenvalue weighted by atomic mass is 10.2. The second-order valence-corrected chi connectivity index (χ2v) is 8.02. The Bertz CT molecular complexity index is 860. The molecule has 0 spiro atoms. The zero-order valence-corrected chi connectivity index (χ0v) is 17.1. The van der Waals surface area contributed by atoms with E-state index in [0.717, 1.165) is 15.3 Å². The van der Waals surface area contributed by atoms with Crippen molar-refractivity contribution in [2.45, 2.75) is 33.4 Å². The lowest BCUT2D eigenvalue weighted by Gasteiger charge is -2.19. The van der Waals surface area contributed by atoms with Gasteiger partial charge in [0.05, 0.1) is 23.4 Å². The Morgan fingerprint density at radius 3 is 2.69 bits per heavy atom. The molecular formula is C17H24N4O3S2. The maximum absolute atomic E-state index is 12.3. The molecular weight excluding hydrogens is 372 g/mol. The zero-order chi connectivity index (χ0) is 19.3. The standard InChI is InChI=1S/C17H24N4O3S2/c1-5-18-13(22)7-21(6-2)14(23)9-25-8-12-19-16(24)15-10(3)11(4)26-17(15)20-12/h5-9H2,1-4H3,(H,18,22)(H,19,20,24). The van der Waals surface area contributed by atoms with Gasteiger partial charge in [0.2, 0.25) is 11.8 Å². The first-order valence-electron chi connectivity index (χ1n) is 8.48. The Balaban J connectivity index is 1.96. The average Bonchev–Trinajstić information content (AvgIpc) is 2.87. The molecule has 0 saturated heterocycles. The summed E-state index contributed by atoms with van der Waals surface area (Å²) >= 11 is 2.88. The van der Waals surface area contributed by atoms with Gasteiger partial charge < -0.3 is 15.2 Å². The number of hydrogen-bond acceptors (Lipinski definition) is 6. The molecule has 2 rings (SSSR count). The van der Waals surface area contributed by atoms with Crippen LogP contribution in [-0.2, 0) is 15.3 Å². The molecule has 2 amide bonds. The molecule has 0 saturated carbocycles. The van der Waals surface area contributed by atoms with Crippen LogP contribution in [0.25, 0.3) is 10.2 Å². The number of aryl methyl sites for hydroxylation is 2. The lowest BCUT2D eigenvalue weighted by molar-refractivity contribution is -0.133. The van der Waals surface area contributed by atoms with Crippen LogP contribution >= 0.6 is 23.1 Å². The first-order valence-corrected chi connectivity index (χ1v) is 10.5. The van der Waals surface area contributed by atoms with Crippen molar-refractivity contribution in [3.05, 3.63) is 26.6 Å². The number of thiophene rings is 1. The van der Waals surface area contributed by atoms with E-state index in [4.69, 9.17) is 0 Å². The van der Waals surface area contributed by atoms with E-state index in [2.05, 4.69) is 15.3 Å². The van der Waals surface area contributed by atoms with E-state index in [-0.39, 0.29) is 29.7 Å². The van der Waals surface area contributed by atoms with E-state index < -0.39 is 0 Å². The molecule has 0 fully saturated rings. The summed E-state index contributed by atoms with van der Waals surface area (Å²) in [6.07, 6.45) is 0. The smallest absolute Gasteiger partial charge is 0.259 e. The number of nitrogens with one attached hydrogen (secondary N) is 2. The van der Waals surface area contributed by atoms with Gasteiger partial charge in [-0.25, -0.2) is 4.98 Å². The van der Waals surface area contributed by atoms with Crippen molar-refractivity contribution in [2.24, 2.45) is 0 Å². The van der Waals surface area contributed by atoms with Crippen LogP contribution in [-0.4, -0.2) is 52.1 Å². The van der Waals surface area contributed by atoms with Gasteiger partial charge in [0.15, 0.2) is 0 Å². The van der Waals surface area contributed by atoms with Gasteiger partial charge in [-0.1, -0.05) is 0 Å². The Hall–Kier alpha value is -1.87. The van der Waals surface area contributed by atoms with Crippen LogP contribution in [0.4, 0.5) is 0 Å². The molecule has 2 N–H and O–H groups in total. The largest absolute Gasteiger partial charge is 0.355 e. The highest BCUT2D eigenvalue weighted by Gasteiger charge is 2.16. The SMILES string of the molecule is CCNC(=O)CN(CC)C(=O)CSCc1nc2sc(C)c(C)c2c(=O)[nH]1. The van der Waals surface area contributed by atoms with Gasteiger partial charge >= 0.3 is 0 Å². The molecule has 0 aliphatic heterocycles. The highest BCUT2D eigenvalue weighted by molar-refractivity contribution is 7.99. The quantitative estimate of drug-likeness (QED) is 0.710. The van der Waals surface area contributed by atoms with Crippen LogP contribution in [0.3, 0.4) is 0 Å². The predicted octanol–water partition coefficient (Wildman–Crippen LogP) is 1.82. The fourth-order valence-electron chi connectivity index (χ4n) is 2.50. The summed E-state index contributed by atoms with van der Waals surface area (Å²) in [7, 11) is 0. The van der Waals surface area contributed by atoms with E-state index in [1.165, 1.54) is 28.0 Å². The van der Waals surface area contributed by atoms with Crippen molar-refractivity contribution in [1.82, 2.24) is 20.2 Å². The summed E-state index contributed by atoms with van der Waals surface area (Å²) in [5, 5.41) is 3.34. The van der Waals surface area contributed by atoms with Gasteiger partial charge in [0.25, 0.3) is 5.56 Å². The third-order valence-corrected chi connectivity index (χ3v) is 6.03. The lowest BCUT2D eigenvalue weighted by Crippen LogP contribution is -2.41. The second kappa shape index (κ2) is 9.18. The number of H-pyrrole nitrogens is 1. The molecule has 0 aliphatic rings. The summed E-state index contributed by atoms with van der Waals surface area (Å²) in [6.45, 7) is 8.67. The maximum atomic E-state index is 12.3. The van der Waals surface area contributed by atoms with E-state index in [1.807, 2.05) is 27.7 Å². The van der Waals surface area contributed by atoms with E-state index in [1.54, 1.807) is 0 Å². The number of thioether (sulfide) groups is 1. The normalized spacial score (nSPS) is 10.9. The zero-order valence-electron chi connectivity index (χ0n) is 15.5. The van der Waals surface area contributed by atoms with Crippen LogP contribution in [0.2, 0.25) is 0 Å². The average molecular weight is 397 g/mol. The molecule has 0 unspecified atom stereocenters. The van der Waals surface area contributed by atoms with Crippen molar-refractivity contribution in [1.29, 1.82) is 0 Å². The fourth-order valence-corrected chi connectivity index (χ4v) is 4.33. The number of amides is 2. The number of likely N-dealkylation sites (N-methyl/N-ethyl adjacent to an activating group) is 2. The van der Waals surface area contributed by atoms with Gasteiger partial charge in [-0.3, -0.25) is 14.4 Å². The third-order valence-electron chi connectivity index (χ3n) is 4.00. The Morgan fingerprint density at radius 1 is 1.31 bits per heavy atom. The molecule has 142 valence electrons. The monoisotopic (exact) mass is 396 g/mol. The number of aromatic nitrogens is 2. The molecule has 9 heteroatoms. The second-order valence-electron chi connectivity index (χ2n) is 5.83. The summed E-state index contributed by atoms with van der Waals surface area (Å²) in [4.78, 5) is 46.8. The molecule has 2 aromatic rings. The third kappa shape index (κ3) is 4.85. The number of hydrogen-bond donors (Lipinski definition) is 2. The van der Waals surface area contributed by atoms with Gasteiger partial charge in [0, 0.05) is 18.0 Å². The summed E-state index contributed by atoms with van der Waals surface area (Å²) < 4.78 is 0. The highest BCUT2D eigenvalue weighted by atomic mass is 32.2. The van der Waals surface area contributed by atoms with Crippen LogP contribution in [0.15, 0.2) is 4.79 Å². The molecule has 0 aromatic carbocycles. The van der Waals surface area contributed by atoms with Crippen LogP contribution in [0.5, 0.6) is 0 Å². The van der Waals surface area contributed by atoms with Crippen molar-refractivity contribution < 1.29 is 9.59 Å². The first-order chi connectivity index (χ1) is 12.4. The predicted molar refractivity (Wildman–Crippen MR) is 107 cm³/mol. The van der Waals surface area contributed by atoms with E-state index in [0.29, 0.717) is 30.1 Å². The topological polar surface area (TPSA) is 95.2 Å². The molecule has 0 aliphatic carbocycles. The Morgan fingerprint density at radius 2 is 2.04 bits per heavy atom. The van der Waals surface area contributed by atoms with Gasteiger partial charge in [-0.15, -0.1) is 23.1 Å². The van der Waals surface area contributed by atoms with Gasteiger partial charge in [-0.05, 0) is 33.3 Å². The summed E-state index contributed by atoms with van der Waals surface area (Å²) in [6, 6.07) is 0. The molecule has 26 heavy (non-hydrogen) atoms. The van der Waals surface area contributed by atoms with Crippen molar-refractivity contribution in [3.8, 4) is 0 Å². The van der Waals surface area contributed by atoms with Gasteiger partial charge in [-0.2, -0.15) is 0 Å². The number of nitrogens with zero attached hydrogens (tertiary/aromatic N) is 2. The maximum Gasteiger partial charge on any atom is 0.259 e. The van der Waals surface area contributed by atoms with Crippen molar-refractivity contribution in [2.75, 3.05) is 25.4 Å². The molecule has 0 bridgehead atoms. The molecule has 2 heterocycles. The minimum Gasteiger partial charge on any atom is -0.355 e. The Kier molecular flexibility index (Phi) is 7.22. The van der Waals surface area contributed by atoms with Crippen LogP contribution in [0.1, 0.15) is 30.1 Å². The minimum atomic E-state index is -0.160. The highest BCUT2D eigenvalue weighted by Crippen LogP contribution is 2.26. The van der Waals surface area contributed by atoms with Crippen LogP contribution < -0.4 is 10.9 Å². The van der Waals surface area contributed by atoms with Crippen molar-refractivity contribution >= 4 is 45.1 Å². The fraction of sp³-hybridized carbons (Fsp3) is 0.529. The summed E-state index contributed by atoms with van der Waals surface area (Å²) in [5.74, 6) is 0.972. The number of carbonyl (C=O) groups excluding carboxylic acids is 2. The minimum absolute atomic E-state index is 0.0680. The van der Waals surface area contributed by atoms with E-state index >= 15 is 0 Å². The van der Waals surface area contributed by atoms with Gasteiger partial charge in [0.1, 0.15) is 10.7 Å². The molecule has 7 nitrogen and oxygen atoms in total.